The molecule has 0 fully saturated rings. The van der Waals surface area contributed by atoms with Crippen molar-refractivity contribution < 1.29 is 0 Å². The highest BCUT2D eigenvalue weighted by Crippen LogP contribution is 2.10. The Balaban J connectivity index is 2.46. The second kappa shape index (κ2) is 5.15. The lowest BCUT2D eigenvalue weighted by molar-refractivity contribution is 0.524. The molecule has 0 saturated carbocycles. The Morgan fingerprint density at radius 1 is 1.36 bits per heavy atom. The average Bonchev–Trinajstić information content (AvgIpc) is 2.51. The van der Waals surface area contributed by atoms with Crippen molar-refractivity contribution in [2.45, 2.75) is 46.2 Å². The zero-order valence-corrected chi connectivity index (χ0v) is 9.62. The first-order valence-corrected chi connectivity index (χ1v) is 5.35. The predicted octanol–water partition coefficient (Wildman–Crippen LogP) is 2.00. The molecule has 0 aliphatic heterocycles. The number of hydrogen-bond donors (Lipinski definition) is 1. The smallest absolute Gasteiger partial charge is 0.111 e. The van der Waals surface area contributed by atoms with Crippen LogP contribution in [0, 0.1) is 0 Å². The first-order chi connectivity index (χ1) is 6.61. The van der Waals surface area contributed by atoms with E-state index in [0.717, 1.165) is 13.1 Å². The van der Waals surface area contributed by atoms with Crippen LogP contribution in [0.15, 0.2) is 12.4 Å². The van der Waals surface area contributed by atoms with Crippen molar-refractivity contribution in [1.29, 1.82) is 0 Å². The maximum Gasteiger partial charge on any atom is 0.111 e. The van der Waals surface area contributed by atoms with Crippen LogP contribution in [0.3, 0.4) is 0 Å². The fourth-order valence-electron chi connectivity index (χ4n) is 1.48. The summed E-state index contributed by atoms with van der Waals surface area (Å²) in [5.41, 5.74) is 0. The number of hydrogen-bond acceptors (Lipinski definition) is 2. The zero-order valence-electron chi connectivity index (χ0n) is 9.62. The van der Waals surface area contributed by atoms with Gasteiger partial charge in [0.2, 0.25) is 0 Å². The third-order valence-electron chi connectivity index (χ3n) is 2.17. The van der Waals surface area contributed by atoms with Gasteiger partial charge in [0, 0.05) is 37.4 Å². The molecule has 80 valence electrons. The molecule has 3 nitrogen and oxygen atoms in total. The lowest BCUT2D eigenvalue weighted by Gasteiger charge is -2.12. The van der Waals surface area contributed by atoms with Crippen molar-refractivity contribution in [3.05, 3.63) is 18.2 Å². The summed E-state index contributed by atoms with van der Waals surface area (Å²) in [5.74, 6) is 1.68. The summed E-state index contributed by atoms with van der Waals surface area (Å²) >= 11 is 0. The highest BCUT2D eigenvalue weighted by atomic mass is 15.1. The van der Waals surface area contributed by atoms with Crippen LogP contribution in [-0.2, 0) is 6.54 Å². The van der Waals surface area contributed by atoms with Gasteiger partial charge in [-0.25, -0.2) is 4.98 Å². The molecule has 0 aliphatic carbocycles. The maximum absolute atomic E-state index is 4.35. The number of nitrogens with zero attached hydrogens (tertiary/aromatic N) is 2. The van der Waals surface area contributed by atoms with E-state index in [9.17, 15) is 0 Å². The van der Waals surface area contributed by atoms with Gasteiger partial charge in [-0.05, 0) is 0 Å². The van der Waals surface area contributed by atoms with E-state index >= 15 is 0 Å². The van der Waals surface area contributed by atoms with E-state index < -0.39 is 0 Å². The number of nitrogens with one attached hydrogen (secondary N) is 1. The van der Waals surface area contributed by atoms with Crippen LogP contribution >= 0.6 is 0 Å². The van der Waals surface area contributed by atoms with E-state index in [1.807, 2.05) is 6.20 Å². The van der Waals surface area contributed by atoms with Gasteiger partial charge in [-0.15, -0.1) is 0 Å². The highest BCUT2D eigenvalue weighted by Gasteiger charge is 2.06. The topological polar surface area (TPSA) is 29.9 Å². The average molecular weight is 195 g/mol. The molecule has 3 heteroatoms. The van der Waals surface area contributed by atoms with Crippen molar-refractivity contribution in [2.24, 2.45) is 0 Å². The van der Waals surface area contributed by atoms with E-state index in [1.54, 1.807) is 0 Å². The van der Waals surface area contributed by atoms with Crippen molar-refractivity contribution in [2.75, 3.05) is 6.54 Å². The summed E-state index contributed by atoms with van der Waals surface area (Å²) in [7, 11) is 0. The van der Waals surface area contributed by atoms with E-state index in [-0.39, 0.29) is 0 Å². The normalized spacial score (nSPS) is 11.6. The lowest BCUT2D eigenvalue weighted by atomic mass is 10.2. The molecule has 1 rings (SSSR count). The molecule has 1 aromatic heterocycles. The molecule has 0 aliphatic rings. The first-order valence-electron chi connectivity index (χ1n) is 5.35. The number of aromatic nitrogens is 2. The van der Waals surface area contributed by atoms with Gasteiger partial charge in [-0.1, -0.05) is 27.7 Å². The summed E-state index contributed by atoms with van der Waals surface area (Å²) in [6.45, 7) is 10.7. The third kappa shape index (κ3) is 3.14. The first kappa shape index (κ1) is 11.2. The molecule has 0 unspecified atom stereocenters. The molecule has 0 spiro atoms. The monoisotopic (exact) mass is 195 g/mol. The molecule has 1 N–H and O–H groups in total. The Morgan fingerprint density at radius 3 is 2.64 bits per heavy atom. The van der Waals surface area contributed by atoms with Crippen molar-refractivity contribution in [3.63, 3.8) is 0 Å². The van der Waals surface area contributed by atoms with E-state index in [2.05, 4.69) is 48.8 Å². The Labute approximate surface area is 86.5 Å². The van der Waals surface area contributed by atoms with Gasteiger partial charge in [0.25, 0.3) is 0 Å². The summed E-state index contributed by atoms with van der Waals surface area (Å²) < 4.78 is 2.22. The summed E-state index contributed by atoms with van der Waals surface area (Å²) in [5, 5.41) is 3.40. The molecule has 0 bridgehead atoms. The minimum atomic E-state index is 0.504. The molecular formula is C11H21N3. The Bertz CT molecular complexity index is 263. The molecule has 0 radical (unpaired) electrons. The third-order valence-corrected chi connectivity index (χ3v) is 2.17. The molecule has 0 aromatic carbocycles. The molecule has 0 atom stereocenters. The largest absolute Gasteiger partial charge is 0.333 e. The second-order valence-corrected chi connectivity index (χ2v) is 4.24. The fourth-order valence-corrected chi connectivity index (χ4v) is 1.48. The predicted molar refractivity (Wildman–Crippen MR) is 59.5 cm³/mol. The van der Waals surface area contributed by atoms with Crippen LogP contribution < -0.4 is 5.32 Å². The molecular weight excluding hydrogens is 174 g/mol. The van der Waals surface area contributed by atoms with Crippen molar-refractivity contribution in [1.82, 2.24) is 14.9 Å². The van der Waals surface area contributed by atoms with Crippen LogP contribution in [0.5, 0.6) is 0 Å². The minimum absolute atomic E-state index is 0.504. The molecule has 14 heavy (non-hydrogen) atoms. The Hall–Kier alpha value is -0.830. The minimum Gasteiger partial charge on any atom is -0.333 e. The van der Waals surface area contributed by atoms with Gasteiger partial charge >= 0.3 is 0 Å². The molecule has 1 heterocycles. The SMILES string of the molecule is CC(C)NCCn1ccnc1C(C)C. The number of rotatable bonds is 5. The van der Waals surface area contributed by atoms with Crippen LogP contribution in [-0.4, -0.2) is 22.1 Å². The quantitative estimate of drug-likeness (QED) is 0.779. The fraction of sp³-hybridized carbons (Fsp3) is 0.727. The molecule has 0 amide bonds. The standard InChI is InChI=1S/C11H21N3/c1-9(2)11-13-6-8-14(11)7-5-12-10(3)4/h6,8-10,12H,5,7H2,1-4H3. The Morgan fingerprint density at radius 2 is 2.07 bits per heavy atom. The van der Waals surface area contributed by atoms with E-state index in [0.29, 0.717) is 12.0 Å². The van der Waals surface area contributed by atoms with Crippen molar-refractivity contribution >= 4 is 0 Å². The molecule has 1 aromatic rings. The van der Waals surface area contributed by atoms with Gasteiger partial charge in [-0.2, -0.15) is 0 Å². The molecule has 0 saturated heterocycles. The zero-order chi connectivity index (χ0) is 10.6. The number of imidazole rings is 1. The lowest BCUT2D eigenvalue weighted by Crippen LogP contribution is -2.27. The van der Waals surface area contributed by atoms with Gasteiger partial charge < -0.3 is 9.88 Å². The second-order valence-electron chi connectivity index (χ2n) is 4.24. The van der Waals surface area contributed by atoms with E-state index in [1.165, 1.54) is 5.82 Å². The van der Waals surface area contributed by atoms with Crippen LogP contribution in [0.2, 0.25) is 0 Å². The van der Waals surface area contributed by atoms with Crippen LogP contribution in [0.1, 0.15) is 39.4 Å². The summed E-state index contributed by atoms with van der Waals surface area (Å²) in [4.78, 5) is 4.35. The summed E-state index contributed by atoms with van der Waals surface area (Å²) in [6, 6.07) is 0.557. The maximum atomic E-state index is 4.35. The van der Waals surface area contributed by atoms with Crippen molar-refractivity contribution in [3.8, 4) is 0 Å². The van der Waals surface area contributed by atoms with Crippen LogP contribution in [0.4, 0.5) is 0 Å². The summed E-state index contributed by atoms with van der Waals surface area (Å²) in [6.07, 6.45) is 3.93. The van der Waals surface area contributed by atoms with Gasteiger partial charge in [0.1, 0.15) is 5.82 Å². The van der Waals surface area contributed by atoms with Crippen LogP contribution in [0.25, 0.3) is 0 Å². The van der Waals surface area contributed by atoms with Gasteiger partial charge in [0.05, 0.1) is 0 Å². The van der Waals surface area contributed by atoms with E-state index in [4.69, 9.17) is 0 Å². The Kier molecular flexibility index (Phi) is 4.14. The highest BCUT2D eigenvalue weighted by molar-refractivity contribution is 4.97. The van der Waals surface area contributed by atoms with Gasteiger partial charge in [-0.3, -0.25) is 0 Å². The van der Waals surface area contributed by atoms with Gasteiger partial charge in [0.15, 0.2) is 0 Å².